The third kappa shape index (κ3) is 3.44. The van der Waals surface area contributed by atoms with Crippen LogP contribution in [-0.2, 0) is 11.2 Å². The molecular weight excluding hydrogens is 366 g/mol. The molecule has 0 saturated heterocycles. The zero-order valence-electron chi connectivity index (χ0n) is 10.9. The fourth-order valence-electron chi connectivity index (χ4n) is 1.83. The summed E-state index contributed by atoms with van der Waals surface area (Å²) in [5, 5.41) is 9.10. The van der Waals surface area contributed by atoms with Crippen LogP contribution >= 0.6 is 27.7 Å². The highest BCUT2D eigenvalue weighted by Crippen LogP contribution is 2.31. The quantitative estimate of drug-likeness (QED) is 0.809. The number of halogens is 3. The first-order valence-corrected chi connectivity index (χ1v) is 7.78. The van der Waals surface area contributed by atoms with Crippen molar-refractivity contribution in [3.8, 4) is 5.69 Å². The third-order valence-corrected chi connectivity index (χ3v) is 4.24. The van der Waals surface area contributed by atoms with E-state index in [1.165, 1.54) is 4.57 Å². The third-order valence-electron chi connectivity index (χ3n) is 2.69. The minimum Gasteiger partial charge on any atom is -0.481 e. The normalized spacial score (nSPS) is 10.9. The maximum Gasteiger partial charge on any atom is 0.313 e. The van der Waals surface area contributed by atoms with Crippen LogP contribution in [0.15, 0.2) is 28.0 Å². The fraction of sp³-hybridized carbons (Fsp3) is 0.231. The van der Waals surface area contributed by atoms with Crippen molar-refractivity contribution in [2.45, 2.75) is 18.5 Å². The predicted molar refractivity (Wildman–Crippen MR) is 78.9 cm³/mol. The zero-order valence-corrected chi connectivity index (χ0v) is 13.3. The molecule has 1 aromatic heterocycles. The largest absolute Gasteiger partial charge is 0.481 e. The second kappa shape index (κ2) is 6.57. The molecule has 0 bridgehead atoms. The Morgan fingerprint density at radius 3 is 2.76 bits per heavy atom. The summed E-state index contributed by atoms with van der Waals surface area (Å²) >= 11 is 4.12. The van der Waals surface area contributed by atoms with Crippen LogP contribution in [-0.4, -0.2) is 26.4 Å². The van der Waals surface area contributed by atoms with Gasteiger partial charge in [0.25, 0.3) is 0 Å². The first-order chi connectivity index (χ1) is 9.93. The van der Waals surface area contributed by atoms with E-state index in [1.807, 2.05) is 6.92 Å². The van der Waals surface area contributed by atoms with Gasteiger partial charge in [-0.1, -0.05) is 18.7 Å². The number of hydrogen-bond donors (Lipinski definition) is 1. The number of benzene rings is 1. The predicted octanol–water partition coefficient (Wildman–Crippen LogP) is 3.65. The van der Waals surface area contributed by atoms with E-state index in [4.69, 9.17) is 5.11 Å². The molecule has 1 aromatic carbocycles. The van der Waals surface area contributed by atoms with Gasteiger partial charge in [0, 0.05) is 22.4 Å². The summed E-state index contributed by atoms with van der Waals surface area (Å²) in [4.78, 5) is 14.8. The van der Waals surface area contributed by atoms with Gasteiger partial charge in [-0.15, -0.1) is 0 Å². The van der Waals surface area contributed by atoms with E-state index in [0.717, 1.165) is 23.9 Å². The van der Waals surface area contributed by atoms with Crippen molar-refractivity contribution in [1.82, 2.24) is 9.55 Å². The van der Waals surface area contributed by atoms with E-state index in [-0.39, 0.29) is 15.9 Å². The van der Waals surface area contributed by atoms with Crippen LogP contribution in [0.4, 0.5) is 8.78 Å². The van der Waals surface area contributed by atoms with E-state index in [0.29, 0.717) is 17.3 Å². The minimum absolute atomic E-state index is 0.124. The van der Waals surface area contributed by atoms with Crippen LogP contribution in [0.25, 0.3) is 5.69 Å². The van der Waals surface area contributed by atoms with Gasteiger partial charge in [-0.3, -0.25) is 9.36 Å². The molecule has 8 heteroatoms. The Hall–Kier alpha value is -1.41. The van der Waals surface area contributed by atoms with E-state index < -0.39 is 17.6 Å². The lowest BCUT2D eigenvalue weighted by Crippen LogP contribution is -2.07. The van der Waals surface area contributed by atoms with Crippen LogP contribution in [0.3, 0.4) is 0 Å². The number of carboxylic acid groups (broad SMARTS) is 1. The molecule has 0 saturated carbocycles. The van der Waals surface area contributed by atoms with Gasteiger partial charge in [-0.2, -0.15) is 0 Å². The van der Waals surface area contributed by atoms with Crippen molar-refractivity contribution >= 4 is 33.7 Å². The molecule has 0 radical (unpaired) electrons. The highest BCUT2D eigenvalue weighted by Gasteiger charge is 2.19. The Morgan fingerprint density at radius 1 is 1.48 bits per heavy atom. The zero-order chi connectivity index (χ0) is 15.6. The molecule has 4 nitrogen and oxygen atoms in total. The van der Waals surface area contributed by atoms with Gasteiger partial charge in [-0.05, 0) is 28.4 Å². The molecular formula is C13H11BrF2N2O2S. The lowest BCUT2D eigenvalue weighted by Gasteiger charge is -2.13. The number of aromatic nitrogens is 2. The summed E-state index contributed by atoms with van der Waals surface area (Å²) < 4.78 is 29.1. The van der Waals surface area contributed by atoms with Gasteiger partial charge >= 0.3 is 5.97 Å². The molecule has 0 amide bonds. The first-order valence-electron chi connectivity index (χ1n) is 6.00. The maximum absolute atomic E-state index is 14.1. The van der Waals surface area contributed by atoms with Gasteiger partial charge in [0.15, 0.2) is 11.0 Å². The van der Waals surface area contributed by atoms with Crippen molar-refractivity contribution in [2.24, 2.45) is 0 Å². The molecule has 2 aromatic rings. The Morgan fingerprint density at radius 2 is 2.19 bits per heavy atom. The number of carbonyl (C=O) groups is 1. The summed E-state index contributed by atoms with van der Waals surface area (Å²) in [5.74, 6) is -2.63. The molecule has 0 fully saturated rings. The number of rotatable bonds is 5. The van der Waals surface area contributed by atoms with Crippen LogP contribution in [0.1, 0.15) is 12.6 Å². The molecule has 112 valence electrons. The fourth-order valence-corrected chi connectivity index (χ4v) is 3.14. The van der Waals surface area contributed by atoms with E-state index in [9.17, 15) is 13.6 Å². The van der Waals surface area contributed by atoms with Crippen LogP contribution in [0.5, 0.6) is 0 Å². The molecule has 0 unspecified atom stereocenters. The molecule has 1 heterocycles. The Labute approximate surface area is 132 Å². The number of imidazole rings is 1. The Bertz CT molecular complexity index is 668. The Kier molecular flexibility index (Phi) is 5.00. The summed E-state index contributed by atoms with van der Waals surface area (Å²) in [5.41, 5.74) is 0.827. The monoisotopic (exact) mass is 376 g/mol. The maximum atomic E-state index is 14.1. The van der Waals surface area contributed by atoms with Crippen LogP contribution in [0, 0.1) is 11.6 Å². The van der Waals surface area contributed by atoms with Crippen LogP contribution in [0.2, 0.25) is 0 Å². The van der Waals surface area contributed by atoms with E-state index >= 15 is 0 Å². The number of aliphatic carboxylic acids is 1. The number of hydrogen-bond acceptors (Lipinski definition) is 3. The average Bonchev–Trinajstić information content (AvgIpc) is 2.78. The van der Waals surface area contributed by atoms with Crippen molar-refractivity contribution < 1.29 is 18.7 Å². The minimum atomic E-state index is -0.994. The smallest absolute Gasteiger partial charge is 0.313 e. The average molecular weight is 377 g/mol. The van der Waals surface area contributed by atoms with Crippen molar-refractivity contribution in [1.29, 1.82) is 0 Å². The van der Waals surface area contributed by atoms with Crippen molar-refractivity contribution in [3.63, 3.8) is 0 Å². The molecule has 0 aliphatic heterocycles. The number of thioether (sulfide) groups is 1. The summed E-state index contributed by atoms with van der Waals surface area (Å²) in [7, 11) is 0. The molecule has 0 aliphatic rings. The lowest BCUT2D eigenvalue weighted by molar-refractivity contribution is -0.133. The number of nitrogens with zero attached hydrogens (tertiary/aromatic N) is 2. The second-order valence-corrected chi connectivity index (χ2v) is 5.92. The molecule has 2 rings (SSSR count). The molecule has 1 N–H and O–H groups in total. The molecule has 0 spiro atoms. The topological polar surface area (TPSA) is 55.1 Å². The van der Waals surface area contributed by atoms with Crippen molar-refractivity contribution in [2.75, 3.05) is 5.75 Å². The standard InChI is InChI=1S/C13H11BrF2N2O2S/c1-2-8-5-17-13(21-6-11(19)20)18(8)12-9(14)3-7(15)4-10(12)16/h3-5H,2,6H2,1H3,(H,19,20). The molecule has 21 heavy (non-hydrogen) atoms. The Balaban J connectivity index is 2.56. The van der Waals surface area contributed by atoms with Gasteiger partial charge in [-0.25, -0.2) is 13.8 Å². The molecule has 0 aliphatic carbocycles. The van der Waals surface area contributed by atoms with E-state index in [2.05, 4.69) is 20.9 Å². The number of carboxylic acids is 1. The highest BCUT2D eigenvalue weighted by atomic mass is 79.9. The van der Waals surface area contributed by atoms with Gasteiger partial charge in [0.1, 0.15) is 5.82 Å². The van der Waals surface area contributed by atoms with Gasteiger partial charge in [0.2, 0.25) is 0 Å². The summed E-state index contributed by atoms with van der Waals surface area (Å²) in [6, 6.07) is 1.94. The van der Waals surface area contributed by atoms with Gasteiger partial charge in [0.05, 0.1) is 11.4 Å². The summed E-state index contributed by atoms with van der Waals surface area (Å²) in [6.07, 6.45) is 2.13. The summed E-state index contributed by atoms with van der Waals surface area (Å²) in [6.45, 7) is 1.87. The first kappa shape index (κ1) is 16.0. The van der Waals surface area contributed by atoms with Crippen molar-refractivity contribution in [3.05, 3.63) is 40.1 Å². The molecule has 0 atom stereocenters. The second-order valence-electron chi connectivity index (χ2n) is 4.12. The lowest BCUT2D eigenvalue weighted by atomic mass is 10.2. The van der Waals surface area contributed by atoms with Crippen LogP contribution < -0.4 is 0 Å². The van der Waals surface area contributed by atoms with Gasteiger partial charge < -0.3 is 5.11 Å². The SMILES string of the molecule is CCc1cnc(SCC(=O)O)n1-c1c(F)cc(F)cc1Br. The van der Waals surface area contributed by atoms with E-state index in [1.54, 1.807) is 6.20 Å². The highest BCUT2D eigenvalue weighted by molar-refractivity contribution is 9.10. The number of aryl methyl sites for hydroxylation is 1.